The van der Waals surface area contributed by atoms with Crippen molar-refractivity contribution < 1.29 is 23.8 Å². The number of ether oxygens (including phenoxy) is 3. The molecule has 0 saturated carbocycles. The summed E-state index contributed by atoms with van der Waals surface area (Å²) in [6, 6.07) is 12.6. The molecule has 134 valence electrons. The molecule has 0 spiro atoms. The van der Waals surface area contributed by atoms with Crippen molar-refractivity contribution in [2.45, 2.75) is 26.9 Å². The van der Waals surface area contributed by atoms with Gasteiger partial charge in [-0.2, -0.15) is 0 Å². The molecule has 1 aliphatic heterocycles. The van der Waals surface area contributed by atoms with Gasteiger partial charge in [0.25, 0.3) is 0 Å². The largest absolute Gasteiger partial charge is 0.482 e. The number of aryl methyl sites for hydroxylation is 1. The lowest BCUT2D eigenvalue weighted by Gasteiger charge is -2.09. The third kappa shape index (κ3) is 3.94. The van der Waals surface area contributed by atoms with E-state index in [1.54, 1.807) is 38.1 Å². The van der Waals surface area contributed by atoms with Crippen LogP contribution in [0.25, 0.3) is 6.08 Å². The molecule has 0 N–H and O–H groups in total. The van der Waals surface area contributed by atoms with E-state index < -0.39 is 5.97 Å². The summed E-state index contributed by atoms with van der Waals surface area (Å²) in [4.78, 5) is 24.1. The Morgan fingerprint density at radius 1 is 1.19 bits per heavy atom. The molecule has 0 atom stereocenters. The van der Waals surface area contributed by atoms with Crippen LogP contribution in [0.2, 0.25) is 0 Å². The molecule has 0 aromatic heterocycles. The third-order valence-electron chi connectivity index (χ3n) is 3.84. The van der Waals surface area contributed by atoms with Gasteiger partial charge < -0.3 is 14.2 Å². The zero-order chi connectivity index (χ0) is 18.7. The number of fused-ring (bicyclic) bond motifs is 1. The lowest BCUT2D eigenvalue weighted by Crippen LogP contribution is -2.18. The van der Waals surface area contributed by atoms with Crippen molar-refractivity contribution >= 4 is 17.8 Å². The average molecular weight is 352 g/mol. The zero-order valence-electron chi connectivity index (χ0n) is 14.9. The Bertz CT molecular complexity index is 880. The molecule has 0 amide bonds. The highest BCUT2D eigenvalue weighted by Gasteiger charge is 2.28. The highest BCUT2D eigenvalue weighted by molar-refractivity contribution is 6.14. The summed E-state index contributed by atoms with van der Waals surface area (Å²) in [5, 5.41) is 0. The topological polar surface area (TPSA) is 61.8 Å². The van der Waals surface area contributed by atoms with Crippen LogP contribution >= 0.6 is 0 Å². The van der Waals surface area contributed by atoms with Crippen molar-refractivity contribution in [2.75, 3.05) is 6.61 Å². The van der Waals surface area contributed by atoms with E-state index in [0.717, 1.165) is 11.1 Å². The fraction of sp³-hybridized carbons (Fsp3) is 0.238. The number of hydrogen-bond acceptors (Lipinski definition) is 5. The predicted molar refractivity (Wildman–Crippen MR) is 97.3 cm³/mol. The van der Waals surface area contributed by atoms with E-state index in [1.165, 1.54) is 0 Å². The second-order valence-corrected chi connectivity index (χ2v) is 6.28. The molecule has 26 heavy (non-hydrogen) atoms. The first kappa shape index (κ1) is 17.7. The van der Waals surface area contributed by atoms with Gasteiger partial charge >= 0.3 is 5.97 Å². The normalized spacial score (nSPS) is 14.3. The molecule has 0 fully saturated rings. The number of Topliss-reactive ketones (excluding diaryl/α,β-unsaturated/α-hetero) is 1. The molecule has 2 aromatic carbocycles. The van der Waals surface area contributed by atoms with Gasteiger partial charge in [0.1, 0.15) is 11.5 Å². The van der Waals surface area contributed by atoms with Gasteiger partial charge in [0.15, 0.2) is 12.4 Å². The van der Waals surface area contributed by atoms with Crippen LogP contribution in [0.1, 0.15) is 35.3 Å². The number of carbonyl (C=O) groups excluding carboxylic acids is 2. The number of ketones is 1. The van der Waals surface area contributed by atoms with Gasteiger partial charge in [0.2, 0.25) is 5.78 Å². The van der Waals surface area contributed by atoms with Gasteiger partial charge in [0.05, 0.1) is 11.7 Å². The van der Waals surface area contributed by atoms with Gasteiger partial charge in [-0.1, -0.05) is 24.3 Å². The van der Waals surface area contributed by atoms with Gasteiger partial charge in [0, 0.05) is 6.07 Å². The van der Waals surface area contributed by atoms with E-state index in [9.17, 15) is 9.59 Å². The van der Waals surface area contributed by atoms with Crippen LogP contribution in [-0.4, -0.2) is 24.5 Å². The van der Waals surface area contributed by atoms with Crippen LogP contribution in [0.15, 0.2) is 48.2 Å². The van der Waals surface area contributed by atoms with E-state index in [0.29, 0.717) is 17.1 Å². The molecular weight excluding hydrogens is 332 g/mol. The Balaban J connectivity index is 1.74. The van der Waals surface area contributed by atoms with Gasteiger partial charge in [-0.3, -0.25) is 4.79 Å². The summed E-state index contributed by atoms with van der Waals surface area (Å²) in [5.74, 6) is 0.510. The van der Waals surface area contributed by atoms with Crippen molar-refractivity contribution in [3.63, 3.8) is 0 Å². The minimum absolute atomic E-state index is 0.172. The smallest absolute Gasteiger partial charge is 0.344 e. The first-order valence-corrected chi connectivity index (χ1v) is 8.40. The maximum atomic E-state index is 12.5. The standard InChI is InChI=1S/C21H20O5/c1-13(2)25-20(22)12-24-16-8-9-17-18(11-16)26-19(21(17)23)10-15-7-5-4-6-14(15)3/h4-11,13H,12H2,1-3H3. The Labute approximate surface area is 152 Å². The summed E-state index contributed by atoms with van der Waals surface area (Å²) in [5.41, 5.74) is 2.46. The number of benzene rings is 2. The molecule has 5 nitrogen and oxygen atoms in total. The fourth-order valence-electron chi connectivity index (χ4n) is 2.59. The lowest BCUT2D eigenvalue weighted by atomic mass is 10.1. The molecule has 0 radical (unpaired) electrons. The quantitative estimate of drug-likeness (QED) is 0.602. The van der Waals surface area contributed by atoms with E-state index in [-0.39, 0.29) is 24.3 Å². The van der Waals surface area contributed by atoms with Crippen molar-refractivity contribution in [1.82, 2.24) is 0 Å². The maximum absolute atomic E-state index is 12.5. The molecule has 1 aliphatic rings. The summed E-state index contributed by atoms with van der Waals surface area (Å²) >= 11 is 0. The van der Waals surface area contributed by atoms with Crippen molar-refractivity contribution in [2.24, 2.45) is 0 Å². The number of carbonyl (C=O) groups is 2. The van der Waals surface area contributed by atoms with Crippen LogP contribution in [0.3, 0.4) is 0 Å². The molecule has 0 saturated heterocycles. The molecule has 0 unspecified atom stereocenters. The Morgan fingerprint density at radius 2 is 1.96 bits per heavy atom. The second kappa shape index (κ2) is 7.44. The number of rotatable bonds is 5. The van der Waals surface area contributed by atoms with E-state index in [4.69, 9.17) is 14.2 Å². The summed E-state index contributed by atoms with van der Waals surface area (Å²) in [6.45, 7) is 5.32. The molecular formula is C21H20O5. The Hall–Kier alpha value is -3.08. The van der Waals surface area contributed by atoms with Crippen LogP contribution in [0, 0.1) is 6.92 Å². The molecule has 1 heterocycles. The van der Waals surface area contributed by atoms with E-state index in [1.807, 2.05) is 31.2 Å². The minimum atomic E-state index is -0.447. The molecule has 5 heteroatoms. The van der Waals surface area contributed by atoms with Crippen LogP contribution in [-0.2, 0) is 9.53 Å². The second-order valence-electron chi connectivity index (χ2n) is 6.28. The van der Waals surface area contributed by atoms with Crippen LogP contribution in [0.4, 0.5) is 0 Å². The van der Waals surface area contributed by atoms with Crippen LogP contribution in [0.5, 0.6) is 11.5 Å². The van der Waals surface area contributed by atoms with Crippen molar-refractivity contribution in [1.29, 1.82) is 0 Å². The number of allylic oxidation sites excluding steroid dienone is 1. The van der Waals surface area contributed by atoms with E-state index in [2.05, 4.69) is 0 Å². The SMILES string of the molecule is Cc1ccccc1C=C1Oc2cc(OCC(=O)OC(C)C)ccc2C1=O. The van der Waals surface area contributed by atoms with Gasteiger partial charge in [-0.25, -0.2) is 4.79 Å². The van der Waals surface area contributed by atoms with Crippen molar-refractivity contribution in [3.8, 4) is 11.5 Å². The number of hydrogen-bond donors (Lipinski definition) is 0. The molecule has 0 aliphatic carbocycles. The summed E-state index contributed by atoms with van der Waals surface area (Å²) in [6.07, 6.45) is 1.54. The third-order valence-corrected chi connectivity index (χ3v) is 3.84. The summed E-state index contributed by atoms with van der Waals surface area (Å²) in [7, 11) is 0. The van der Waals surface area contributed by atoms with Crippen LogP contribution < -0.4 is 9.47 Å². The highest BCUT2D eigenvalue weighted by atomic mass is 16.6. The molecule has 3 rings (SSSR count). The highest BCUT2D eigenvalue weighted by Crippen LogP contribution is 2.35. The minimum Gasteiger partial charge on any atom is -0.482 e. The summed E-state index contributed by atoms with van der Waals surface area (Å²) < 4.78 is 16.1. The van der Waals surface area contributed by atoms with Crippen molar-refractivity contribution in [3.05, 3.63) is 64.9 Å². The lowest BCUT2D eigenvalue weighted by molar-refractivity contribution is -0.149. The van der Waals surface area contributed by atoms with E-state index >= 15 is 0 Å². The van der Waals surface area contributed by atoms with Gasteiger partial charge in [-0.05, 0) is 50.1 Å². The molecule has 0 bridgehead atoms. The fourth-order valence-corrected chi connectivity index (χ4v) is 2.59. The predicted octanol–water partition coefficient (Wildman–Crippen LogP) is 3.94. The molecule has 2 aromatic rings. The average Bonchev–Trinajstić information content (AvgIpc) is 2.90. The number of esters is 1. The Kier molecular flexibility index (Phi) is 5.07. The van der Waals surface area contributed by atoms with Gasteiger partial charge in [-0.15, -0.1) is 0 Å². The zero-order valence-corrected chi connectivity index (χ0v) is 14.9. The Morgan fingerprint density at radius 3 is 2.69 bits per heavy atom. The first-order valence-electron chi connectivity index (χ1n) is 8.40. The maximum Gasteiger partial charge on any atom is 0.344 e. The monoisotopic (exact) mass is 352 g/mol. The first-order chi connectivity index (χ1) is 12.4.